The third-order valence-electron chi connectivity index (χ3n) is 4.75. The van der Waals surface area contributed by atoms with Gasteiger partial charge in [0.2, 0.25) is 0 Å². The van der Waals surface area contributed by atoms with Crippen molar-refractivity contribution in [2.45, 2.75) is 12.8 Å². The smallest absolute Gasteiger partial charge is 0.272 e. The van der Waals surface area contributed by atoms with Gasteiger partial charge in [0.25, 0.3) is 5.91 Å². The maximum atomic E-state index is 13.9. The number of aromatic amines is 1. The minimum Gasteiger partial charge on any atom is -0.351 e. The maximum absolute atomic E-state index is 13.9. The average Bonchev–Trinajstić information content (AvgIpc) is 3.16. The van der Waals surface area contributed by atoms with Crippen LogP contribution in [0.1, 0.15) is 22.5 Å². The summed E-state index contributed by atoms with van der Waals surface area (Å²) in [7, 11) is 0. The lowest BCUT2D eigenvalue weighted by Crippen LogP contribution is -2.25. The quantitative estimate of drug-likeness (QED) is 0.480. The Morgan fingerprint density at radius 1 is 0.964 bits per heavy atom. The van der Waals surface area contributed by atoms with E-state index in [-0.39, 0.29) is 11.7 Å². The van der Waals surface area contributed by atoms with E-state index in [1.54, 1.807) is 12.1 Å². The first-order chi connectivity index (χ1) is 13.7. The van der Waals surface area contributed by atoms with Crippen molar-refractivity contribution in [2.24, 2.45) is 0 Å². The first-order valence-corrected chi connectivity index (χ1v) is 9.27. The predicted octanol–water partition coefficient (Wildman–Crippen LogP) is 4.73. The van der Waals surface area contributed by atoms with Gasteiger partial charge in [0.05, 0.1) is 5.52 Å². The van der Waals surface area contributed by atoms with Gasteiger partial charge in [-0.05, 0) is 36.1 Å². The largest absolute Gasteiger partial charge is 0.351 e. The molecule has 0 bridgehead atoms. The van der Waals surface area contributed by atoms with E-state index in [1.807, 2.05) is 54.6 Å². The van der Waals surface area contributed by atoms with Crippen LogP contribution in [0.3, 0.4) is 0 Å². The average molecular weight is 373 g/mol. The van der Waals surface area contributed by atoms with E-state index in [1.165, 1.54) is 6.07 Å². The molecule has 4 aromatic rings. The summed E-state index contributed by atoms with van der Waals surface area (Å²) in [4.78, 5) is 12.3. The van der Waals surface area contributed by atoms with Crippen LogP contribution in [0.5, 0.6) is 0 Å². The van der Waals surface area contributed by atoms with E-state index in [0.29, 0.717) is 17.8 Å². The van der Waals surface area contributed by atoms with Crippen LogP contribution in [-0.4, -0.2) is 22.6 Å². The standard InChI is InChI=1S/C23H20FN3O/c24-20-9-3-1-7-18(20)17-13-11-16(12-14-17)6-5-15-25-23(28)22-19-8-2-4-10-21(19)26-27-22/h1-4,7-14H,5-6,15H2,(H,25,28)(H,26,27). The summed E-state index contributed by atoms with van der Waals surface area (Å²) >= 11 is 0. The third-order valence-corrected chi connectivity index (χ3v) is 4.75. The number of carbonyl (C=O) groups is 1. The lowest BCUT2D eigenvalue weighted by atomic mass is 10.0. The number of para-hydroxylation sites is 1. The molecule has 4 rings (SSSR count). The van der Waals surface area contributed by atoms with Crippen LogP contribution in [-0.2, 0) is 6.42 Å². The van der Waals surface area contributed by atoms with Crippen LogP contribution >= 0.6 is 0 Å². The summed E-state index contributed by atoms with van der Waals surface area (Å²) < 4.78 is 13.9. The van der Waals surface area contributed by atoms with Crippen LogP contribution < -0.4 is 5.32 Å². The molecule has 3 aromatic carbocycles. The van der Waals surface area contributed by atoms with Gasteiger partial charge in [-0.3, -0.25) is 9.89 Å². The normalized spacial score (nSPS) is 10.9. The molecule has 0 aliphatic rings. The molecule has 0 atom stereocenters. The van der Waals surface area contributed by atoms with E-state index >= 15 is 0 Å². The van der Waals surface area contributed by atoms with Gasteiger partial charge < -0.3 is 5.32 Å². The Labute approximate surface area is 162 Å². The summed E-state index contributed by atoms with van der Waals surface area (Å²) in [5, 5.41) is 10.7. The summed E-state index contributed by atoms with van der Waals surface area (Å²) in [5.74, 6) is -0.392. The summed E-state index contributed by atoms with van der Waals surface area (Å²) in [5.41, 5.74) is 3.89. The van der Waals surface area contributed by atoms with Crippen molar-refractivity contribution in [1.29, 1.82) is 0 Å². The van der Waals surface area contributed by atoms with Gasteiger partial charge in [0, 0.05) is 17.5 Å². The molecule has 140 valence electrons. The number of H-pyrrole nitrogens is 1. The van der Waals surface area contributed by atoms with Crippen LogP contribution in [0.25, 0.3) is 22.0 Å². The number of hydrogen-bond donors (Lipinski definition) is 2. The molecule has 28 heavy (non-hydrogen) atoms. The highest BCUT2D eigenvalue weighted by atomic mass is 19.1. The molecular formula is C23H20FN3O. The number of fused-ring (bicyclic) bond motifs is 1. The van der Waals surface area contributed by atoms with Crippen molar-refractivity contribution >= 4 is 16.8 Å². The molecule has 0 aliphatic heterocycles. The molecule has 0 unspecified atom stereocenters. The number of rotatable bonds is 6. The zero-order chi connectivity index (χ0) is 19.3. The van der Waals surface area contributed by atoms with Gasteiger partial charge in [-0.2, -0.15) is 5.10 Å². The zero-order valence-electron chi connectivity index (χ0n) is 15.3. The Hall–Kier alpha value is -3.47. The third kappa shape index (κ3) is 3.78. The Bertz CT molecular complexity index is 1100. The fourth-order valence-electron chi connectivity index (χ4n) is 3.26. The topological polar surface area (TPSA) is 57.8 Å². The summed E-state index contributed by atoms with van der Waals surface area (Å²) in [6.07, 6.45) is 1.65. The first-order valence-electron chi connectivity index (χ1n) is 9.27. The second-order valence-corrected chi connectivity index (χ2v) is 6.65. The van der Waals surface area contributed by atoms with Crippen LogP contribution in [0.2, 0.25) is 0 Å². The van der Waals surface area contributed by atoms with E-state index in [4.69, 9.17) is 0 Å². The van der Waals surface area contributed by atoms with Gasteiger partial charge in [0.15, 0.2) is 5.69 Å². The van der Waals surface area contributed by atoms with Crippen molar-refractivity contribution in [1.82, 2.24) is 15.5 Å². The monoisotopic (exact) mass is 373 g/mol. The maximum Gasteiger partial charge on any atom is 0.272 e. The second kappa shape index (κ2) is 8.05. The van der Waals surface area contributed by atoms with Crippen LogP contribution in [0, 0.1) is 5.82 Å². The molecule has 0 fully saturated rings. The number of hydrogen-bond acceptors (Lipinski definition) is 2. The van der Waals surface area contributed by atoms with Gasteiger partial charge >= 0.3 is 0 Å². The highest BCUT2D eigenvalue weighted by Crippen LogP contribution is 2.23. The lowest BCUT2D eigenvalue weighted by Gasteiger charge is -2.06. The predicted molar refractivity (Wildman–Crippen MR) is 109 cm³/mol. The molecule has 1 amide bonds. The molecule has 2 N–H and O–H groups in total. The molecule has 1 heterocycles. The van der Waals surface area contributed by atoms with Crippen molar-refractivity contribution < 1.29 is 9.18 Å². The van der Waals surface area contributed by atoms with E-state index in [2.05, 4.69) is 15.5 Å². The van der Waals surface area contributed by atoms with Crippen molar-refractivity contribution in [3.63, 3.8) is 0 Å². The second-order valence-electron chi connectivity index (χ2n) is 6.65. The fraction of sp³-hybridized carbons (Fsp3) is 0.130. The molecular weight excluding hydrogens is 353 g/mol. The van der Waals surface area contributed by atoms with E-state index in [0.717, 1.165) is 34.9 Å². The Balaban J connectivity index is 1.31. The molecule has 4 nitrogen and oxygen atoms in total. The van der Waals surface area contributed by atoms with Crippen molar-refractivity contribution in [3.05, 3.63) is 89.9 Å². The number of nitrogens with zero attached hydrogens (tertiary/aromatic N) is 1. The van der Waals surface area contributed by atoms with Gasteiger partial charge in [-0.1, -0.05) is 60.7 Å². The fourth-order valence-corrected chi connectivity index (χ4v) is 3.26. The zero-order valence-corrected chi connectivity index (χ0v) is 15.3. The summed E-state index contributed by atoms with van der Waals surface area (Å²) in [6.45, 7) is 0.565. The van der Waals surface area contributed by atoms with Crippen molar-refractivity contribution in [3.8, 4) is 11.1 Å². The Morgan fingerprint density at radius 3 is 2.54 bits per heavy atom. The highest BCUT2D eigenvalue weighted by molar-refractivity contribution is 6.04. The lowest BCUT2D eigenvalue weighted by molar-refractivity contribution is 0.0950. The Morgan fingerprint density at radius 2 is 1.71 bits per heavy atom. The SMILES string of the molecule is O=C(NCCCc1ccc(-c2ccccc2F)cc1)c1n[nH]c2ccccc12. The van der Waals surface area contributed by atoms with Crippen LogP contribution in [0.15, 0.2) is 72.8 Å². The molecule has 0 spiro atoms. The molecule has 0 radical (unpaired) electrons. The molecule has 5 heteroatoms. The molecule has 0 aliphatic carbocycles. The highest BCUT2D eigenvalue weighted by Gasteiger charge is 2.12. The van der Waals surface area contributed by atoms with Crippen molar-refractivity contribution in [2.75, 3.05) is 6.54 Å². The molecule has 1 aromatic heterocycles. The van der Waals surface area contributed by atoms with E-state index in [9.17, 15) is 9.18 Å². The molecule has 0 saturated carbocycles. The van der Waals surface area contributed by atoms with Gasteiger partial charge in [-0.15, -0.1) is 0 Å². The number of aromatic nitrogens is 2. The molecule has 0 saturated heterocycles. The van der Waals surface area contributed by atoms with Crippen LogP contribution in [0.4, 0.5) is 4.39 Å². The minimum atomic E-state index is -0.219. The minimum absolute atomic E-state index is 0.174. The number of amides is 1. The number of halogens is 1. The first kappa shape index (κ1) is 17.9. The summed E-state index contributed by atoms with van der Waals surface area (Å²) in [6, 6.07) is 22.2. The number of carbonyl (C=O) groups excluding carboxylic acids is 1. The van der Waals surface area contributed by atoms with E-state index < -0.39 is 0 Å². The van der Waals surface area contributed by atoms with Gasteiger partial charge in [0.1, 0.15) is 5.82 Å². The number of nitrogens with one attached hydrogen (secondary N) is 2. The Kier molecular flexibility index (Phi) is 5.15. The number of benzene rings is 3. The van der Waals surface area contributed by atoms with Gasteiger partial charge in [-0.25, -0.2) is 4.39 Å². The number of aryl methyl sites for hydroxylation is 1.